The Morgan fingerprint density at radius 3 is 2.95 bits per heavy atom. The van der Waals surface area contributed by atoms with Crippen LogP contribution in [0.5, 0.6) is 11.5 Å². The molecule has 4 rings (SSSR count). The third-order valence-corrected chi connectivity index (χ3v) is 4.14. The van der Waals surface area contributed by atoms with Gasteiger partial charge in [-0.15, -0.1) is 0 Å². The van der Waals surface area contributed by atoms with Crippen LogP contribution in [0, 0.1) is 0 Å². The Bertz CT molecular complexity index is 752. The molecule has 108 valence electrons. The predicted molar refractivity (Wildman–Crippen MR) is 76.9 cm³/mol. The number of hydrogen-bond donors (Lipinski definition) is 1. The third kappa shape index (κ3) is 2.18. The summed E-state index contributed by atoms with van der Waals surface area (Å²) in [5.41, 5.74) is 3.62. The number of H-pyrrole nitrogens is 1. The number of rotatable bonds is 2. The second-order valence-electron chi connectivity index (χ2n) is 5.53. The third-order valence-electron chi connectivity index (χ3n) is 4.14. The van der Waals surface area contributed by atoms with Gasteiger partial charge in [0, 0.05) is 17.7 Å². The minimum Gasteiger partial charge on any atom is -0.454 e. The molecule has 0 saturated heterocycles. The molecule has 5 nitrogen and oxygen atoms in total. The summed E-state index contributed by atoms with van der Waals surface area (Å²) in [6, 6.07) is 5.75. The van der Waals surface area contributed by atoms with Crippen molar-refractivity contribution in [3.63, 3.8) is 0 Å². The van der Waals surface area contributed by atoms with Gasteiger partial charge in [-0.2, -0.15) is 5.10 Å². The number of ether oxygens (including phenoxy) is 2. The lowest BCUT2D eigenvalue weighted by Gasteiger charge is -2.14. The number of hydrogen-bond acceptors (Lipinski definition) is 4. The van der Waals surface area contributed by atoms with E-state index >= 15 is 0 Å². The van der Waals surface area contributed by atoms with E-state index in [1.165, 1.54) is 0 Å². The molecule has 1 aromatic heterocycles. The van der Waals surface area contributed by atoms with Crippen LogP contribution in [0.25, 0.3) is 0 Å². The molecule has 0 radical (unpaired) electrons. The van der Waals surface area contributed by atoms with Gasteiger partial charge in [-0.3, -0.25) is 9.89 Å². The van der Waals surface area contributed by atoms with Crippen molar-refractivity contribution < 1.29 is 9.47 Å². The molecule has 0 spiro atoms. The van der Waals surface area contributed by atoms with E-state index in [2.05, 4.69) is 10.2 Å². The molecule has 0 atom stereocenters. The fraction of sp³-hybridized carbons (Fsp3) is 0.375. The van der Waals surface area contributed by atoms with Crippen LogP contribution in [0.15, 0.2) is 23.0 Å². The van der Waals surface area contributed by atoms with Crippen LogP contribution < -0.4 is 14.9 Å². The number of nitrogens with zero attached hydrogens (tertiary/aromatic N) is 1. The minimum atomic E-state index is 0.0983. The maximum atomic E-state index is 12.5. The van der Waals surface area contributed by atoms with Crippen LogP contribution >= 0.6 is 0 Å². The first-order chi connectivity index (χ1) is 10.3. The molecular weight excluding hydrogens is 268 g/mol. The van der Waals surface area contributed by atoms with Crippen molar-refractivity contribution >= 4 is 0 Å². The van der Waals surface area contributed by atoms with Gasteiger partial charge in [-0.05, 0) is 43.4 Å². The van der Waals surface area contributed by atoms with Gasteiger partial charge < -0.3 is 9.47 Å². The lowest BCUT2D eigenvalue weighted by Crippen LogP contribution is -2.23. The molecule has 1 N–H and O–H groups in total. The summed E-state index contributed by atoms with van der Waals surface area (Å²) < 4.78 is 10.7. The molecule has 1 aliphatic heterocycles. The van der Waals surface area contributed by atoms with Gasteiger partial charge in [-0.25, -0.2) is 0 Å². The first kappa shape index (κ1) is 12.4. The molecule has 21 heavy (non-hydrogen) atoms. The second kappa shape index (κ2) is 4.91. The number of nitrogens with one attached hydrogen (secondary N) is 1. The van der Waals surface area contributed by atoms with Gasteiger partial charge >= 0.3 is 0 Å². The molecule has 0 saturated carbocycles. The van der Waals surface area contributed by atoms with Crippen molar-refractivity contribution in [1.82, 2.24) is 10.2 Å². The van der Waals surface area contributed by atoms with E-state index in [1.807, 2.05) is 18.2 Å². The summed E-state index contributed by atoms with van der Waals surface area (Å²) in [5, 5.41) is 7.34. The SMILES string of the molecule is O=c1c(Cc2ccc3c(c2)OCO3)n[nH]c2c1CCCC2. The highest BCUT2D eigenvalue weighted by Gasteiger charge is 2.18. The molecule has 0 bridgehead atoms. The Kier molecular flexibility index (Phi) is 2.91. The number of benzene rings is 1. The van der Waals surface area contributed by atoms with Crippen molar-refractivity contribution in [2.24, 2.45) is 0 Å². The average molecular weight is 284 g/mol. The van der Waals surface area contributed by atoms with E-state index in [9.17, 15) is 4.79 Å². The van der Waals surface area contributed by atoms with Gasteiger partial charge in [0.2, 0.25) is 12.2 Å². The molecule has 0 unspecified atom stereocenters. The standard InChI is InChI=1S/C16H16N2O3/c19-16-11-3-1-2-4-12(11)17-18-13(16)7-10-5-6-14-15(8-10)21-9-20-14/h5-6,8H,1-4,7,9H2,(H,17,19). The fourth-order valence-corrected chi connectivity index (χ4v) is 3.00. The summed E-state index contributed by atoms with van der Waals surface area (Å²) >= 11 is 0. The molecule has 1 aliphatic carbocycles. The van der Waals surface area contributed by atoms with Crippen LogP contribution in [0.1, 0.15) is 35.4 Å². The van der Waals surface area contributed by atoms with Crippen LogP contribution in [0.3, 0.4) is 0 Å². The zero-order chi connectivity index (χ0) is 14.2. The van der Waals surface area contributed by atoms with Crippen LogP contribution in [-0.4, -0.2) is 17.0 Å². The molecule has 1 aromatic carbocycles. The average Bonchev–Trinajstić information content (AvgIpc) is 2.98. The monoisotopic (exact) mass is 284 g/mol. The van der Waals surface area contributed by atoms with E-state index < -0.39 is 0 Å². The van der Waals surface area contributed by atoms with Crippen molar-refractivity contribution in [2.75, 3.05) is 6.79 Å². The van der Waals surface area contributed by atoms with Gasteiger partial charge in [0.15, 0.2) is 11.5 Å². The Morgan fingerprint density at radius 1 is 1.14 bits per heavy atom. The Hall–Kier alpha value is -2.30. The summed E-state index contributed by atoms with van der Waals surface area (Å²) in [4.78, 5) is 12.5. The highest BCUT2D eigenvalue weighted by atomic mass is 16.7. The summed E-state index contributed by atoms with van der Waals surface area (Å²) in [6.45, 7) is 0.260. The molecule has 5 heteroatoms. The van der Waals surface area contributed by atoms with E-state index in [0.29, 0.717) is 12.1 Å². The van der Waals surface area contributed by atoms with Crippen LogP contribution in [0.4, 0.5) is 0 Å². The van der Waals surface area contributed by atoms with E-state index in [1.54, 1.807) is 0 Å². The van der Waals surface area contributed by atoms with Gasteiger partial charge in [0.25, 0.3) is 0 Å². The maximum absolute atomic E-state index is 12.5. The predicted octanol–water partition coefficient (Wildman–Crippen LogP) is 1.97. The summed E-state index contributed by atoms with van der Waals surface area (Å²) in [5.74, 6) is 1.49. The zero-order valence-electron chi connectivity index (χ0n) is 11.6. The topological polar surface area (TPSA) is 64.2 Å². The largest absolute Gasteiger partial charge is 0.454 e. The maximum Gasteiger partial charge on any atom is 0.231 e. The Morgan fingerprint density at radius 2 is 2.00 bits per heavy atom. The summed E-state index contributed by atoms with van der Waals surface area (Å²) in [6.07, 6.45) is 4.53. The molecule has 2 heterocycles. The Labute approximate surface area is 121 Å². The van der Waals surface area contributed by atoms with Crippen molar-refractivity contribution in [3.8, 4) is 11.5 Å². The first-order valence-electron chi connectivity index (χ1n) is 7.29. The lowest BCUT2D eigenvalue weighted by molar-refractivity contribution is 0.174. The van der Waals surface area contributed by atoms with Crippen molar-refractivity contribution in [1.29, 1.82) is 0 Å². The number of aromatic amines is 1. The zero-order valence-corrected chi connectivity index (χ0v) is 11.6. The van der Waals surface area contributed by atoms with Crippen molar-refractivity contribution in [2.45, 2.75) is 32.1 Å². The highest BCUT2D eigenvalue weighted by molar-refractivity contribution is 5.45. The second-order valence-corrected chi connectivity index (χ2v) is 5.53. The highest BCUT2D eigenvalue weighted by Crippen LogP contribution is 2.32. The summed E-state index contributed by atoms with van der Waals surface area (Å²) in [7, 11) is 0. The van der Waals surface area contributed by atoms with E-state index in [-0.39, 0.29) is 12.2 Å². The number of fused-ring (bicyclic) bond motifs is 2. The number of aryl methyl sites for hydroxylation is 1. The van der Waals surface area contributed by atoms with Crippen LogP contribution in [0.2, 0.25) is 0 Å². The van der Waals surface area contributed by atoms with Crippen LogP contribution in [-0.2, 0) is 19.3 Å². The van der Waals surface area contributed by atoms with E-state index in [4.69, 9.17) is 9.47 Å². The van der Waals surface area contributed by atoms with Gasteiger partial charge in [-0.1, -0.05) is 6.07 Å². The molecule has 0 fully saturated rings. The quantitative estimate of drug-likeness (QED) is 0.915. The molecule has 0 amide bonds. The van der Waals surface area contributed by atoms with Gasteiger partial charge in [0.1, 0.15) is 5.69 Å². The fourth-order valence-electron chi connectivity index (χ4n) is 3.00. The van der Waals surface area contributed by atoms with Crippen molar-refractivity contribution in [3.05, 3.63) is 50.9 Å². The molecular formula is C16H16N2O3. The van der Waals surface area contributed by atoms with E-state index in [0.717, 1.165) is 54.0 Å². The van der Waals surface area contributed by atoms with Gasteiger partial charge in [0.05, 0.1) is 0 Å². The Balaban J connectivity index is 1.67. The number of aromatic nitrogens is 2. The molecule has 2 aromatic rings. The first-order valence-corrected chi connectivity index (χ1v) is 7.29. The normalized spacial score (nSPS) is 15.8. The minimum absolute atomic E-state index is 0.0983. The molecule has 2 aliphatic rings. The lowest BCUT2D eigenvalue weighted by atomic mass is 9.95. The smallest absolute Gasteiger partial charge is 0.231 e.